The lowest BCUT2D eigenvalue weighted by Crippen LogP contribution is -2.73. The van der Waals surface area contributed by atoms with Crippen LogP contribution < -0.4 is 41.3 Å². The van der Waals surface area contributed by atoms with E-state index in [-0.39, 0.29) is 116 Å². The molecular weight excluding hydrogens is 1310 g/mol. The molecule has 0 aliphatic carbocycles. The van der Waals surface area contributed by atoms with Gasteiger partial charge in [-0.15, -0.1) is 12.4 Å². The first-order valence-corrected chi connectivity index (χ1v) is 32.0. The summed E-state index contributed by atoms with van der Waals surface area (Å²) in [4.78, 5) is 154. The average molecular weight is 1390 g/mol. The largest absolute Gasteiger partial charge is 0.478 e. The molecule has 0 bridgehead atoms. The third kappa shape index (κ3) is 16.0. The van der Waals surface area contributed by atoms with Gasteiger partial charge in [-0.25, -0.2) is 14.4 Å². The standard InChI is InChI=1S/C23H30N4O6.C23H28N4O5.C18H20N4O3.C2HF3O.CH4.ClH/c1-22(2,3)33-21(32)27-12-23(13-27)10-26(11-23)15-4-5-16(20(30)31)14(8-15)9-24-17-6-7-18(28)25-19(17)29;1-22(2,3)32-21(31)26-12-23(13-26)10-25(11-23)15-4-5-16-14(8-15)9-27(20(16)30)17-6-7-18(28)24-19(17)29;23-15-4-3-14(16(24)20-15)22-6-11-5-12(1-2-13(11)17(22)25)21-9-18(10-21)7-19-8-18;3-2(4,5)1-6;;/h4-5,8,17,24H,6-7,9-13H2,1-3H3,(H,30,31)(H,25,28,29);4-5,8,17H,6-7,9-13H2,1-3H3,(H,24,28,29);1-2,5,14,19H,3-4,6-10H2,(H,20,23,24);1H;1H4;1H. The van der Waals surface area contributed by atoms with Crippen molar-refractivity contribution in [2.75, 3.05) is 93.2 Å². The van der Waals surface area contributed by atoms with Gasteiger partial charge in [0.05, 0.1) is 11.6 Å². The van der Waals surface area contributed by atoms with Crippen LogP contribution in [-0.4, -0.2) is 210 Å². The number of nitrogens with one attached hydrogen (secondary N) is 5. The Morgan fingerprint density at radius 2 is 0.949 bits per heavy atom. The predicted molar refractivity (Wildman–Crippen MR) is 350 cm³/mol. The minimum Gasteiger partial charge on any atom is -0.478 e. The van der Waals surface area contributed by atoms with E-state index in [1.165, 1.54) is 0 Å². The number of rotatable bonds is 9. The molecule has 9 saturated heterocycles. The highest BCUT2D eigenvalue weighted by atomic mass is 35.5. The molecule has 10 amide bonds. The molecule has 3 spiro atoms. The molecule has 11 heterocycles. The molecule has 11 aliphatic rings. The molecule has 3 atom stereocenters. The number of imide groups is 3. The topological polar surface area (TPSA) is 326 Å². The normalized spacial score (nSPS) is 22.8. The van der Waals surface area contributed by atoms with E-state index in [9.17, 15) is 71.0 Å². The lowest BCUT2D eigenvalue weighted by Gasteiger charge is -2.60. The quantitative estimate of drug-likeness (QED) is 0.127. The van der Waals surface area contributed by atoms with Gasteiger partial charge in [0.15, 0.2) is 0 Å². The number of amides is 10. The van der Waals surface area contributed by atoms with Crippen LogP contribution in [-0.2, 0) is 62.7 Å². The number of benzene rings is 3. The first-order chi connectivity index (χ1) is 45.1. The molecule has 0 radical (unpaired) electrons. The number of fused-ring (bicyclic) bond motifs is 2. The summed E-state index contributed by atoms with van der Waals surface area (Å²) >= 11 is 0. The van der Waals surface area contributed by atoms with E-state index in [1.54, 1.807) is 31.7 Å². The number of carboxylic acid groups (broad SMARTS) is 1. The van der Waals surface area contributed by atoms with Crippen LogP contribution in [0.5, 0.6) is 0 Å². The van der Waals surface area contributed by atoms with Crippen LogP contribution in [0.3, 0.4) is 0 Å². The van der Waals surface area contributed by atoms with Gasteiger partial charge in [-0.2, -0.15) is 13.2 Å². The van der Waals surface area contributed by atoms with Crippen molar-refractivity contribution < 1.29 is 85.3 Å². The van der Waals surface area contributed by atoms with E-state index in [0.717, 1.165) is 80.5 Å². The van der Waals surface area contributed by atoms with Crippen LogP contribution in [0, 0.1) is 16.2 Å². The highest BCUT2D eigenvalue weighted by Gasteiger charge is 2.56. The molecule has 530 valence electrons. The van der Waals surface area contributed by atoms with Gasteiger partial charge in [0.1, 0.15) is 23.3 Å². The lowest BCUT2D eigenvalue weighted by atomic mass is 9.72. The van der Waals surface area contributed by atoms with Gasteiger partial charge in [0.2, 0.25) is 41.7 Å². The fraction of sp³-hybridized carbons (Fsp3) is 0.552. The molecule has 27 nitrogen and oxygen atoms in total. The summed E-state index contributed by atoms with van der Waals surface area (Å²) in [5.41, 5.74) is 6.63. The Morgan fingerprint density at radius 3 is 1.31 bits per heavy atom. The number of carbonyl (C=O) groups is 12. The van der Waals surface area contributed by atoms with Crippen molar-refractivity contribution in [3.63, 3.8) is 0 Å². The third-order valence-corrected chi connectivity index (χ3v) is 18.9. The van der Waals surface area contributed by atoms with E-state index in [2.05, 4.69) is 47.4 Å². The monoisotopic (exact) mass is 1390 g/mol. The zero-order chi connectivity index (χ0) is 69.2. The molecule has 6 N–H and O–H groups in total. The van der Waals surface area contributed by atoms with Crippen LogP contribution in [0.2, 0.25) is 0 Å². The maximum absolute atomic E-state index is 12.8. The fourth-order valence-corrected chi connectivity index (χ4v) is 14.1. The summed E-state index contributed by atoms with van der Waals surface area (Å²) in [7, 11) is 0. The molecular formula is C67H84ClF3N12O15. The number of carbonyl (C=O) groups excluding carboxylic acids is 11. The molecule has 98 heavy (non-hydrogen) atoms. The van der Waals surface area contributed by atoms with Gasteiger partial charge in [0.25, 0.3) is 11.8 Å². The molecule has 9 fully saturated rings. The molecule has 11 aliphatic heterocycles. The number of aldehydes is 1. The predicted octanol–water partition coefficient (Wildman–Crippen LogP) is 4.50. The summed E-state index contributed by atoms with van der Waals surface area (Å²) in [6, 6.07) is 15.3. The van der Waals surface area contributed by atoms with Crippen molar-refractivity contribution in [2.45, 2.75) is 143 Å². The molecule has 3 aromatic carbocycles. The Bertz CT molecular complexity index is 3710. The number of likely N-dealkylation sites (tertiary alicyclic amines) is 2. The highest BCUT2D eigenvalue weighted by molar-refractivity contribution is 6.07. The van der Waals surface area contributed by atoms with E-state index in [0.29, 0.717) is 80.6 Å². The second-order valence-electron chi connectivity index (χ2n) is 29.0. The minimum atomic E-state index is -4.64. The first kappa shape index (κ1) is 73.3. The smallest absolute Gasteiger partial charge is 0.446 e. The number of aromatic carboxylic acids is 1. The first-order valence-electron chi connectivity index (χ1n) is 32.0. The molecule has 14 rings (SSSR count). The summed E-state index contributed by atoms with van der Waals surface area (Å²) < 4.78 is 42.1. The van der Waals surface area contributed by atoms with Crippen molar-refractivity contribution in [1.29, 1.82) is 0 Å². The van der Waals surface area contributed by atoms with Crippen LogP contribution in [0.1, 0.15) is 135 Å². The maximum Gasteiger partial charge on any atom is 0.446 e. The Balaban J connectivity index is 0.000000164. The number of ether oxygens (including phenoxy) is 2. The van der Waals surface area contributed by atoms with E-state index in [4.69, 9.17) is 14.3 Å². The number of hydrogen-bond acceptors (Lipinski definition) is 19. The summed E-state index contributed by atoms with van der Waals surface area (Å²) in [6.07, 6.45) is -4.32. The lowest BCUT2D eigenvalue weighted by molar-refractivity contribution is -0.156. The summed E-state index contributed by atoms with van der Waals surface area (Å²) in [6.45, 7) is 22.4. The Kier molecular flexibility index (Phi) is 20.8. The number of nitrogens with zero attached hydrogens (tertiary/aromatic N) is 7. The number of piperidine rings is 3. The minimum absolute atomic E-state index is 0. The second kappa shape index (κ2) is 27.8. The average Bonchev–Trinajstić information content (AvgIpc) is 0.840. The third-order valence-electron chi connectivity index (χ3n) is 18.9. The van der Waals surface area contributed by atoms with Gasteiger partial charge in [-0.05, 0) is 132 Å². The number of anilines is 3. The van der Waals surface area contributed by atoms with E-state index in [1.807, 2.05) is 77.9 Å². The molecule has 0 aromatic heterocycles. The molecule has 31 heteroatoms. The highest BCUT2D eigenvalue weighted by Crippen LogP contribution is 2.45. The fourth-order valence-electron chi connectivity index (χ4n) is 14.1. The number of carboxylic acids is 1. The van der Waals surface area contributed by atoms with Crippen molar-refractivity contribution in [3.8, 4) is 0 Å². The van der Waals surface area contributed by atoms with Crippen molar-refractivity contribution in [2.24, 2.45) is 16.2 Å². The summed E-state index contributed by atoms with van der Waals surface area (Å²) in [5.74, 6) is -3.29. The SMILES string of the molecule is C.CC(C)(C)OC(=O)N1CC2(C1)CN(c1ccc(C(=O)O)c(CNC3CCC(=O)NC3=O)c1)C2.CC(C)(C)OC(=O)N1CC2(C1)CN(c1ccc3c(c1)CN(C1CCC(=O)NC1=O)C3=O)C2.Cl.O=C1CCC(N2Cc3cc(N4CC5(CNC5)C4)ccc3C2=O)C(=O)N1.O=CC(F)(F)F. The van der Waals surface area contributed by atoms with Crippen molar-refractivity contribution in [1.82, 2.24) is 46.2 Å². The van der Waals surface area contributed by atoms with Crippen molar-refractivity contribution >= 4 is 101 Å². The van der Waals surface area contributed by atoms with Gasteiger partial charge in [-0.3, -0.25) is 59.1 Å². The molecule has 0 saturated carbocycles. The molecule has 3 unspecified atom stereocenters. The number of alkyl halides is 3. The summed E-state index contributed by atoms with van der Waals surface area (Å²) in [5, 5.41) is 22.9. The maximum atomic E-state index is 12.8. The molecule has 3 aromatic rings. The van der Waals surface area contributed by atoms with E-state index >= 15 is 0 Å². The van der Waals surface area contributed by atoms with E-state index < -0.39 is 53.7 Å². The second-order valence-corrected chi connectivity index (χ2v) is 29.0. The zero-order valence-corrected chi connectivity index (χ0v) is 55.5. The van der Waals surface area contributed by atoms with Crippen LogP contribution in [0.25, 0.3) is 0 Å². The Hall–Kier alpha value is -8.90. The van der Waals surface area contributed by atoms with Gasteiger partial charge < -0.3 is 59.5 Å². The number of hydrogen-bond donors (Lipinski definition) is 6. The Labute approximate surface area is 570 Å². The van der Waals surface area contributed by atoms with Crippen LogP contribution in [0.4, 0.5) is 39.8 Å². The van der Waals surface area contributed by atoms with Crippen molar-refractivity contribution in [3.05, 3.63) is 88.0 Å². The van der Waals surface area contributed by atoms with Gasteiger partial charge in [0, 0.05) is 162 Å². The number of halogens is 4. The van der Waals surface area contributed by atoms with Gasteiger partial charge in [-0.1, -0.05) is 7.43 Å². The van der Waals surface area contributed by atoms with Crippen LogP contribution in [0.15, 0.2) is 54.6 Å². The zero-order valence-electron chi connectivity index (χ0n) is 54.7. The van der Waals surface area contributed by atoms with Gasteiger partial charge >= 0.3 is 24.3 Å². The van der Waals surface area contributed by atoms with Crippen LogP contribution >= 0.6 is 12.4 Å². The Morgan fingerprint density at radius 1 is 0.571 bits per heavy atom.